The van der Waals surface area contributed by atoms with E-state index in [0.29, 0.717) is 18.9 Å². The number of hydrogen-bond acceptors (Lipinski definition) is 3. The number of primary amides is 1. The predicted octanol–water partition coefficient (Wildman–Crippen LogP) is 2.90. The molecule has 0 radical (unpaired) electrons. The van der Waals surface area contributed by atoms with Gasteiger partial charge in [0.05, 0.1) is 13.7 Å². The van der Waals surface area contributed by atoms with Crippen LogP contribution >= 0.6 is 0 Å². The van der Waals surface area contributed by atoms with Gasteiger partial charge in [0, 0.05) is 26.1 Å². The number of aliphatic imine (C=N–C) groups is 1. The number of nitrogens with one attached hydrogen (secondary N) is 1. The number of ether oxygens (including phenoxy) is 1. The van der Waals surface area contributed by atoms with Crippen molar-refractivity contribution in [2.45, 2.75) is 32.7 Å². The maximum Gasteiger partial charge on any atom is 0.217 e. The van der Waals surface area contributed by atoms with Gasteiger partial charge < -0.3 is 20.7 Å². The lowest BCUT2D eigenvalue weighted by molar-refractivity contribution is -0.119. The third-order valence-corrected chi connectivity index (χ3v) is 5.17. The van der Waals surface area contributed by atoms with E-state index < -0.39 is 0 Å². The molecule has 6 heteroatoms. The summed E-state index contributed by atoms with van der Waals surface area (Å²) in [5.41, 5.74) is 6.56. The van der Waals surface area contributed by atoms with Crippen LogP contribution in [0.4, 0.5) is 0 Å². The molecule has 2 aromatic rings. The molecule has 1 aliphatic rings. The third-order valence-electron chi connectivity index (χ3n) is 5.17. The number of carbonyl (C=O) groups is 1. The fourth-order valence-corrected chi connectivity index (χ4v) is 3.80. The smallest absolute Gasteiger partial charge is 0.217 e. The second kappa shape index (κ2) is 9.44. The summed E-state index contributed by atoms with van der Waals surface area (Å²) >= 11 is 0. The molecule has 1 heterocycles. The van der Waals surface area contributed by atoms with Crippen molar-refractivity contribution in [3.63, 3.8) is 0 Å². The van der Waals surface area contributed by atoms with Crippen LogP contribution in [0.1, 0.15) is 31.7 Å². The minimum Gasteiger partial charge on any atom is -0.497 e. The second-order valence-electron chi connectivity index (χ2n) is 7.34. The zero-order chi connectivity index (χ0) is 19.9. The molecule has 0 spiro atoms. The predicted molar refractivity (Wildman–Crippen MR) is 113 cm³/mol. The maximum atomic E-state index is 11.3. The number of nitrogens with two attached hydrogens (primary N) is 1. The lowest BCUT2D eigenvalue weighted by Crippen LogP contribution is -2.47. The first kappa shape index (κ1) is 20.0. The van der Waals surface area contributed by atoms with Crippen molar-refractivity contribution in [3.05, 3.63) is 42.0 Å². The first-order valence-electron chi connectivity index (χ1n) is 9.97. The Balaban J connectivity index is 1.73. The SMILES string of the molecule is CCNC(=NCc1ccc2cc(OC)ccc2c1)N1CCCC(CC(N)=O)C1. The van der Waals surface area contributed by atoms with Gasteiger partial charge in [-0.1, -0.05) is 18.2 Å². The minimum absolute atomic E-state index is 0.221. The first-order chi connectivity index (χ1) is 13.6. The Morgan fingerprint density at radius 3 is 2.82 bits per heavy atom. The molecule has 1 fully saturated rings. The molecule has 1 amide bonds. The number of likely N-dealkylation sites (tertiary alicyclic amines) is 1. The summed E-state index contributed by atoms with van der Waals surface area (Å²) in [5, 5.41) is 5.73. The third kappa shape index (κ3) is 5.15. The van der Waals surface area contributed by atoms with Crippen LogP contribution in [0.2, 0.25) is 0 Å². The van der Waals surface area contributed by atoms with Crippen molar-refractivity contribution in [1.82, 2.24) is 10.2 Å². The molecule has 0 aliphatic carbocycles. The highest BCUT2D eigenvalue weighted by Crippen LogP contribution is 2.23. The van der Waals surface area contributed by atoms with E-state index in [0.717, 1.165) is 49.6 Å². The Bertz CT molecular complexity index is 850. The fraction of sp³-hybridized carbons (Fsp3) is 0.455. The molecule has 2 aromatic carbocycles. The molecular formula is C22H30N4O2. The van der Waals surface area contributed by atoms with Gasteiger partial charge in [-0.25, -0.2) is 4.99 Å². The molecule has 28 heavy (non-hydrogen) atoms. The van der Waals surface area contributed by atoms with E-state index >= 15 is 0 Å². The van der Waals surface area contributed by atoms with E-state index in [1.54, 1.807) is 7.11 Å². The van der Waals surface area contributed by atoms with Crippen LogP contribution in [0, 0.1) is 5.92 Å². The van der Waals surface area contributed by atoms with Gasteiger partial charge in [-0.05, 0) is 60.2 Å². The van der Waals surface area contributed by atoms with E-state index in [2.05, 4.69) is 41.4 Å². The monoisotopic (exact) mass is 382 g/mol. The number of carbonyl (C=O) groups excluding carboxylic acids is 1. The average molecular weight is 383 g/mol. The number of hydrogen-bond donors (Lipinski definition) is 2. The quantitative estimate of drug-likeness (QED) is 0.595. The van der Waals surface area contributed by atoms with Crippen molar-refractivity contribution in [2.75, 3.05) is 26.7 Å². The summed E-state index contributed by atoms with van der Waals surface area (Å²) in [7, 11) is 1.68. The topological polar surface area (TPSA) is 80.0 Å². The van der Waals surface area contributed by atoms with E-state index in [-0.39, 0.29) is 5.91 Å². The molecule has 1 aliphatic heterocycles. The molecule has 1 saturated heterocycles. The van der Waals surface area contributed by atoms with Crippen molar-refractivity contribution in [2.24, 2.45) is 16.6 Å². The van der Waals surface area contributed by atoms with Gasteiger partial charge >= 0.3 is 0 Å². The summed E-state index contributed by atoms with van der Waals surface area (Å²) in [4.78, 5) is 18.4. The van der Waals surface area contributed by atoms with Crippen LogP contribution < -0.4 is 15.8 Å². The largest absolute Gasteiger partial charge is 0.497 e. The average Bonchev–Trinajstić information content (AvgIpc) is 2.70. The van der Waals surface area contributed by atoms with Gasteiger partial charge in [0.15, 0.2) is 5.96 Å². The molecule has 0 saturated carbocycles. The molecule has 0 aromatic heterocycles. The lowest BCUT2D eigenvalue weighted by atomic mass is 9.95. The molecular weight excluding hydrogens is 352 g/mol. The highest BCUT2D eigenvalue weighted by molar-refractivity contribution is 5.85. The number of guanidine groups is 1. The molecule has 1 unspecified atom stereocenters. The summed E-state index contributed by atoms with van der Waals surface area (Å²) in [6.45, 7) is 5.28. The van der Waals surface area contributed by atoms with Crippen LogP contribution in [0.5, 0.6) is 5.75 Å². The molecule has 0 bridgehead atoms. The summed E-state index contributed by atoms with van der Waals surface area (Å²) in [6, 6.07) is 12.5. The van der Waals surface area contributed by atoms with Gasteiger partial charge in [-0.3, -0.25) is 4.79 Å². The Hall–Kier alpha value is -2.76. The van der Waals surface area contributed by atoms with Gasteiger partial charge in [0.2, 0.25) is 5.91 Å². The van der Waals surface area contributed by atoms with Crippen LogP contribution in [-0.4, -0.2) is 43.5 Å². The van der Waals surface area contributed by atoms with Crippen LogP contribution in [0.3, 0.4) is 0 Å². The van der Waals surface area contributed by atoms with Gasteiger partial charge in [0.25, 0.3) is 0 Å². The molecule has 6 nitrogen and oxygen atoms in total. The number of piperidine rings is 1. The lowest BCUT2D eigenvalue weighted by Gasteiger charge is -2.34. The number of amides is 1. The molecule has 1 atom stereocenters. The van der Waals surface area contributed by atoms with Gasteiger partial charge in [0.1, 0.15) is 5.75 Å². The first-order valence-corrected chi connectivity index (χ1v) is 9.97. The fourth-order valence-electron chi connectivity index (χ4n) is 3.80. The van der Waals surface area contributed by atoms with Crippen molar-refractivity contribution < 1.29 is 9.53 Å². The summed E-state index contributed by atoms with van der Waals surface area (Å²) in [6.07, 6.45) is 2.55. The summed E-state index contributed by atoms with van der Waals surface area (Å²) < 4.78 is 5.29. The normalized spacial score (nSPS) is 17.6. The van der Waals surface area contributed by atoms with Crippen molar-refractivity contribution in [3.8, 4) is 5.75 Å². The van der Waals surface area contributed by atoms with Crippen LogP contribution in [0.15, 0.2) is 41.4 Å². The highest BCUT2D eigenvalue weighted by Gasteiger charge is 2.23. The van der Waals surface area contributed by atoms with Crippen molar-refractivity contribution in [1.29, 1.82) is 0 Å². The number of fused-ring (bicyclic) bond motifs is 1. The Kier molecular flexibility index (Phi) is 6.74. The van der Waals surface area contributed by atoms with E-state index in [1.165, 1.54) is 10.9 Å². The number of rotatable bonds is 6. The van der Waals surface area contributed by atoms with Gasteiger partial charge in [-0.2, -0.15) is 0 Å². The number of nitrogens with zero attached hydrogens (tertiary/aromatic N) is 2. The van der Waals surface area contributed by atoms with Gasteiger partial charge in [-0.15, -0.1) is 0 Å². The molecule has 3 N–H and O–H groups in total. The van der Waals surface area contributed by atoms with E-state index in [9.17, 15) is 4.79 Å². The highest BCUT2D eigenvalue weighted by atomic mass is 16.5. The van der Waals surface area contributed by atoms with Crippen LogP contribution in [0.25, 0.3) is 10.8 Å². The number of methoxy groups -OCH3 is 1. The van der Waals surface area contributed by atoms with E-state index in [4.69, 9.17) is 15.5 Å². The maximum absolute atomic E-state index is 11.3. The standard InChI is InChI=1S/C22H30N4O2/c1-3-24-22(26-10-4-5-17(15-26)12-21(23)27)25-14-16-6-7-19-13-20(28-2)9-8-18(19)11-16/h6-9,11,13,17H,3-5,10,12,14-15H2,1-2H3,(H2,23,27)(H,24,25). The second-order valence-corrected chi connectivity index (χ2v) is 7.34. The Labute approximate surface area is 166 Å². The van der Waals surface area contributed by atoms with E-state index in [1.807, 2.05) is 12.1 Å². The van der Waals surface area contributed by atoms with Crippen molar-refractivity contribution >= 4 is 22.6 Å². The molecule has 3 rings (SSSR count). The Morgan fingerprint density at radius 1 is 1.29 bits per heavy atom. The zero-order valence-corrected chi connectivity index (χ0v) is 16.8. The molecule has 150 valence electrons. The van der Waals surface area contributed by atoms with Crippen LogP contribution in [-0.2, 0) is 11.3 Å². The Morgan fingerprint density at radius 2 is 2.07 bits per heavy atom. The number of benzene rings is 2. The summed E-state index contributed by atoms with van der Waals surface area (Å²) in [5.74, 6) is 1.86. The zero-order valence-electron chi connectivity index (χ0n) is 16.8. The minimum atomic E-state index is -0.221.